The summed E-state index contributed by atoms with van der Waals surface area (Å²) in [6.07, 6.45) is 6.87. The average molecular weight is 306 g/mol. The predicted molar refractivity (Wildman–Crippen MR) is 79.0 cm³/mol. The molecule has 0 aliphatic heterocycles. The summed E-state index contributed by atoms with van der Waals surface area (Å²) in [5.74, 6) is 1.06. The minimum atomic E-state index is -3.41. The molecule has 1 rings (SSSR count). The molecule has 8 heteroatoms. The maximum atomic E-state index is 12.0. The molecule has 110 valence electrons. The van der Waals surface area contributed by atoms with Crippen LogP contribution in [0.2, 0.25) is 0 Å². The molecule has 0 fully saturated rings. The highest BCUT2D eigenvalue weighted by Crippen LogP contribution is 2.07. The Morgan fingerprint density at radius 1 is 1.37 bits per heavy atom. The van der Waals surface area contributed by atoms with Crippen molar-refractivity contribution < 1.29 is 8.42 Å². The minimum Gasteiger partial charge on any atom is -0.318 e. The van der Waals surface area contributed by atoms with E-state index in [1.165, 1.54) is 6.20 Å². The zero-order valence-corrected chi connectivity index (χ0v) is 13.1. The van der Waals surface area contributed by atoms with Crippen LogP contribution in [0.4, 0.5) is 0 Å². The van der Waals surface area contributed by atoms with Gasteiger partial charge in [0.15, 0.2) is 0 Å². The van der Waals surface area contributed by atoms with E-state index in [2.05, 4.69) is 15.1 Å². The van der Waals surface area contributed by atoms with Gasteiger partial charge in [-0.3, -0.25) is 4.68 Å². The van der Waals surface area contributed by atoms with E-state index in [0.717, 1.165) is 25.1 Å². The first-order chi connectivity index (χ1) is 9.10. The van der Waals surface area contributed by atoms with Crippen LogP contribution in [0.3, 0.4) is 0 Å². The average Bonchev–Trinajstić information content (AvgIpc) is 2.85. The predicted octanol–water partition coefficient (Wildman–Crippen LogP) is 0.524. The van der Waals surface area contributed by atoms with Gasteiger partial charge in [-0.1, -0.05) is 0 Å². The van der Waals surface area contributed by atoms with Gasteiger partial charge in [0.1, 0.15) is 4.90 Å². The zero-order valence-electron chi connectivity index (χ0n) is 11.4. The van der Waals surface area contributed by atoms with Crippen molar-refractivity contribution in [2.75, 3.05) is 32.1 Å². The fourth-order valence-electron chi connectivity index (χ4n) is 1.49. The number of likely N-dealkylation sites (N-methyl/N-ethyl adjacent to an activating group) is 1. The maximum absolute atomic E-state index is 12.0. The largest absolute Gasteiger partial charge is 0.318 e. The summed E-state index contributed by atoms with van der Waals surface area (Å²) < 4.78 is 28.2. The third-order valence-electron chi connectivity index (χ3n) is 2.58. The summed E-state index contributed by atoms with van der Waals surface area (Å²) in [4.78, 5) is 0.230. The Morgan fingerprint density at radius 3 is 2.84 bits per heavy atom. The number of nitrogens with zero attached hydrogens (tertiary/aromatic N) is 2. The lowest BCUT2D eigenvalue weighted by atomic mass is 10.3. The van der Waals surface area contributed by atoms with Gasteiger partial charge in [-0.05, 0) is 31.9 Å². The van der Waals surface area contributed by atoms with Gasteiger partial charge in [0.2, 0.25) is 10.0 Å². The lowest BCUT2D eigenvalue weighted by molar-refractivity contribution is 0.574. The highest BCUT2D eigenvalue weighted by molar-refractivity contribution is 7.98. The van der Waals surface area contributed by atoms with Gasteiger partial charge in [-0.15, -0.1) is 0 Å². The maximum Gasteiger partial charge on any atom is 0.243 e. The number of aromatic nitrogens is 2. The van der Waals surface area contributed by atoms with Gasteiger partial charge in [-0.2, -0.15) is 16.9 Å². The third kappa shape index (κ3) is 5.94. The van der Waals surface area contributed by atoms with Crippen LogP contribution in [0.1, 0.15) is 12.8 Å². The van der Waals surface area contributed by atoms with Gasteiger partial charge >= 0.3 is 0 Å². The molecule has 0 bridgehead atoms. The lowest BCUT2D eigenvalue weighted by Gasteiger charge is -2.04. The molecule has 0 amide bonds. The zero-order chi connectivity index (χ0) is 14.1. The van der Waals surface area contributed by atoms with E-state index in [-0.39, 0.29) is 4.90 Å². The second-order valence-electron chi connectivity index (χ2n) is 4.14. The first-order valence-corrected chi connectivity index (χ1v) is 9.13. The first-order valence-electron chi connectivity index (χ1n) is 6.26. The Morgan fingerprint density at radius 2 is 2.16 bits per heavy atom. The standard InChI is InChI=1S/C11H22N4O2S2/c1-12-6-7-15-10-11(9-13-15)19(16,17)14-5-3-4-8-18-2/h9-10,12,14H,3-8H2,1-2H3. The fraction of sp³-hybridized carbons (Fsp3) is 0.727. The van der Waals surface area contributed by atoms with Crippen LogP contribution in [0, 0.1) is 0 Å². The Kier molecular flexibility index (Phi) is 7.44. The molecular formula is C11H22N4O2S2. The Bertz CT molecular complexity index is 459. The summed E-state index contributed by atoms with van der Waals surface area (Å²) >= 11 is 1.77. The van der Waals surface area contributed by atoms with Crippen molar-refractivity contribution in [3.63, 3.8) is 0 Å². The Balaban J connectivity index is 2.45. The van der Waals surface area contributed by atoms with Crippen LogP contribution in [-0.2, 0) is 16.6 Å². The van der Waals surface area contributed by atoms with Crippen molar-refractivity contribution in [1.82, 2.24) is 19.8 Å². The molecule has 0 unspecified atom stereocenters. The lowest BCUT2D eigenvalue weighted by Crippen LogP contribution is -2.24. The number of unbranched alkanes of at least 4 members (excludes halogenated alkanes) is 1. The van der Waals surface area contributed by atoms with Gasteiger partial charge < -0.3 is 5.32 Å². The molecule has 0 spiro atoms. The fourth-order valence-corrected chi connectivity index (χ4v) is 3.01. The van der Waals surface area contributed by atoms with Crippen molar-refractivity contribution in [2.45, 2.75) is 24.3 Å². The molecule has 0 saturated carbocycles. The van der Waals surface area contributed by atoms with Gasteiger partial charge in [0.25, 0.3) is 0 Å². The second kappa shape index (κ2) is 8.57. The smallest absolute Gasteiger partial charge is 0.243 e. The van der Waals surface area contributed by atoms with Crippen LogP contribution in [0.25, 0.3) is 0 Å². The summed E-state index contributed by atoms with van der Waals surface area (Å²) in [5.41, 5.74) is 0. The molecule has 1 heterocycles. The summed E-state index contributed by atoms with van der Waals surface area (Å²) in [5, 5.41) is 7.02. The van der Waals surface area contributed by atoms with E-state index in [9.17, 15) is 8.42 Å². The molecule has 0 atom stereocenters. The minimum absolute atomic E-state index is 0.230. The molecule has 2 N–H and O–H groups in total. The third-order valence-corrected chi connectivity index (χ3v) is 4.69. The van der Waals surface area contributed by atoms with E-state index in [4.69, 9.17) is 0 Å². The molecular weight excluding hydrogens is 284 g/mol. The Labute approximate surface area is 119 Å². The van der Waals surface area contributed by atoms with E-state index in [1.54, 1.807) is 22.6 Å². The van der Waals surface area contributed by atoms with Crippen LogP contribution in [0.15, 0.2) is 17.3 Å². The molecule has 0 aliphatic carbocycles. The van der Waals surface area contributed by atoms with Gasteiger partial charge in [-0.25, -0.2) is 13.1 Å². The van der Waals surface area contributed by atoms with Crippen LogP contribution < -0.4 is 10.0 Å². The monoisotopic (exact) mass is 306 g/mol. The van der Waals surface area contributed by atoms with Crippen LogP contribution in [0.5, 0.6) is 0 Å². The molecule has 0 aromatic carbocycles. The van der Waals surface area contributed by atoms with Gasteiger partial charge in [0, 0.05) is 19.3 Å². The molecule has 6 nitrogen and oxygen atoms in total. The van der Waals surface area contributed by atoms with E-state index >= 15 is 0 Å². The topological polar surface area (TPSA) is 76.0 Å². The number of hydrogen-bond donors (Lipinski definition) is 2. The normalized spacial score (nSPS) is 11.9. The molecule has 0 saturated heterocycles. The summed E-state index contributed by atoms with van der Waals surface area (Å²) in [6.45, 7) is 1.88. The van der Waals surface area contributed by atoms with E-state index < -0.39 is 10.0 Å². The van der Waals surface area contributed by atoms with Crippen molar-refractivity contribution in [3.05, 3.63) is 12.4 Å². The molecule has 0 radical (unpaired) electrons. The number of rotatable bonds is 10. The summed E-state index contributed by atoms with van der Waals surface area (Å²) in [7, 11) is -1.57. The number of nitrogens with one attached hydrogen (secondary N) is 2. The molecule has 19 heavy (non-hydrogen) atoms. The molecule has 1 aromatic heterocycles. The SMILES string of the molecule is CNCCn1cc(S(=O)(=O)NCCCCSC)cn1. The van der Waals surface area contributed by atoms with Crippen LogP contribution >= 0.6 is 11.8 Å². The van der Waals surface area contributed by atoms with Crippen molar-refractivity contribution in [3.8, 4) is 0 Å². The Hall–Kier alpha value is -0.570. The quantitative estimate of drug-likeness (QED) is 0.617. The summed E-state index contributed by atoms with van der Waals surface area (Å²) in [6, 6.07) is 0. The number of hydrogen-bond acceptors (Lipinski definition) is 5. The van der Waals surface area contributed by atoms with Crippen molar-refractivity contribution in [1.29, 1.82) is 0 Å². The number of sulfonamides is 1. The van der Waals surface area contributed by atoms with Gasteiger partial charge in [0.05, 0.1) is 12.7 Å². The highest BCUT2D eigenvalue weighted by Gasteiger charge is 2.15. The molecule has 1 aromatic rings. The van der Waals surface area contributed by atoms with Crippen LogP contribution in [-0.4, -0.2) is 50.3 Å². The van der Waals surface area contributed by atoms with E-state index in [0.29, 0.717) is 13.1 Å². The second-order valence-corrected chi connectivity index (χ2v) is 6.89. The first kappa shape index (κ1) is 16.5. The van der Waals surface area contributed by atoms with Crippen molar-refractivity contribution >= 4 is 21.8 Å². The van der Waals surface area contributed by atoms with Crippen molar-refractivity contribution in [2.24, 2.45) is 0 Å². The molecule has 0 aliphatic rings. The van der Waals surface area contributed by atoms with E-state index in [1.807, 2.05) is 13.3 Å². The highest BCUT2D eigenvalue weighted by atomic mass is 32.2. The number of thioether (sulfide) groups is 1.